The number of hydrogen-bond donors (Lipinski definition) is 2. The van der Waals surface area contributed by atoms with Gasteiger partial charge in [-0.05, 0) is 39.0 Å². The first kappa shape index (κ1) is 13.1. The Morgan fingerprint density at radius 2 is 2.06 bits per heavy atom. The van der Waals surface area contributed by atoms with Crippen LogP contribution in [-0.4, -0.2) is 16.1 Å². The highest BCUT2D eigenvalue weighted by molar-refractivity contribution is 5.47. The van der Waals surface area contributed by atoms with Crippen LogP contribution < -0.4 is 16.0 Å². The highest BCUT2D eigenvalue weighted by atomic mass is 16.5. The average molecular weight is 250 g/mol. The maximum absolute atomic E-state index is 6.03. The van der Waals surface area contributed by atoms with E-state index in [2.05, 4.69) is 22.3 Å². The van der Waals surface area contributed by atoms with Crippen molar-refractivity contribution in [1.82, 2.24) is 9.97 Å². The van der Waals surface area contributed by atoms with Crippen molar-refractivity contribution in [2.45, 2.75) is 52.6 Å². The van der Waals surface area contributed by atoms with Gasteiger partial charge >= 0.3 is 0 Å². The van der Waals surface area contributed by atoms with Gasteiger partial charge in [-0.3, -0.25) is 0 Å². The van der Waals surface area contributed by atoms with E-state index in [0.717, 1.165) is 24.3 Å². The number of nitrogens with one attached hydrogen (secondary N) is 1. The van der Waals surface area contributed by atoms with E-state index in [9.17, 15) is 0 Å². The zero-order valence-corrected chi connectivity index (χ0v) is 11.4. The molecule has 0 amide bonds. The summed E-state index contributed by atoms with van der Waals surface area (Å²) < 4.78 is 6.03. The number of hydrazine groups is 1. The van der Waals surface area contributed by atoms with Crippen molar-refractivity contribution in [1.29, 1.82) is 0 Å². The van der Waals surface area contributed by atoms with Crippen LogP contribution in [0.2, 0.25) is 0 Å². The molecule has 0 aliphatic heterocycles. The summed E-state index contributed by atoms with van der Waals surface area (Å²) in [7, 11) is 0. The number of ether oxygens (including phenoxy) is 1. The van der Waals surface area contributed by atoms with Gasteiger partial charge in [-0.2, -0.15) is 4.98 Å². The molecule has 2 unspecified atom stereocenters. The molecule has 0 saturated heterocycles. The van der Waals surface area contributed by atoms with Crippen molar-refractivity contribution in [3.05, 3.63) is 11.4 Å². The lowest BCUT2D eigenvalue weighted by Crippen LogP contribution is -2.25. The van der Waals surface area contributed by atoms with Crippen LogP contribution in [0.4, 0.5) is 5.82 Å². The summed E-state index contributed by atoms with van der Waals surface area (Å²) >= 11 is 0. The van der Waals surface area contributed by atoms with Crippen molar-refractivity contribution in [3.63, 3.8) is 0 Å². The van der Waals surface area contributed by atoms with E-state index in [1.165, 1.54) is 12.8 Å². The van der Waals surface area contributed by atoms with Crippen LogP contribution >= 0.6 is 0 Å². The Bertz CT molecular complexity index is 422. The molecule has 0 radical (unpaired) electrons. The third-order valence-corrected chi connectivity index (χ3v) is 3.52. The van der Waals surface area contributed by atoms with E-state index in [1.807, 2.05) is 13.8 Å². The van der Waals surface area contributed by atoms with E-state index >= 15 is 0 Å². The molecule has 1 fully saturated rings. The molecule has 1 aliphatic carbocycles. The van der Waals surface area contributed by atoms with Crippen LogP contribution in [0.15, 0.2) is 0 Å². The Labute approximate surface area is 108 Å². The zero-order valence-electron chi connectivity index (χ0n) is 11.4. The van der Waals surface area contributed by atoms with Gasteiger partial charge in [0.1, 0.15) is 17.7 Å². The first-order valence-corrected chi connectivity index (χ1v) is 6.58. The molecule has 18 heavy (non-hydrogen) atoms. The molecular weight excluding hydrogens is 228 g/mol. The summed E-state index contributed by atoms with van der Waals surface area (Å²) in [6, 6.07) is 0. The minimum absolute atomic E-state index is 0.271. The fourth-order valence-electron chi connectivity index (χ4n) is 2.50. The number of nitrogens with zero attached hydrogens (tertiary/aromatic N) is 2. The second kappa shape index (κ2) is 5.52. The molecule has 1 aliphatic rings. The van der Waals surface area contributed by atoms with Crippen molar-refractivity contribution in [2.24, 2.45) is 11.8 Å². The molecule has 2 rings (SSSR count). The van der Waals surface area contributed by atoms with Crippen LogP contribution in [0.25, 0.3) is 0 Å². The zero-order chi connectivity index (χ0) is 13.1. The second-order valence-corrected chi connectivity index (χ2v) is 5.21. The third kappa shape index (κ3) is 2.90. The van der Waals surface area contributed by atoms with Crippen LogP contribution in [0, 0.1) is 19.8 Å². The molecule has 1 aromatic rings. The lowest BCUT2D eigenvalue weighted by molar-refractivity contribution is 0.122. The Kier molecular flexibility index (Phi) is 4.01. The summed E-state index contributed by atoms with van der Waals surface area (Å²) in [6.45, 7) is 6.05. The quantitative estimate of drug-likeness (QED) is 0.636. The number of hydrogen-bond acceptors (Lipinski definition) is 5. The number of anilines is 1. The van der Waals surface area contributed by atoms with Crippen LogP contribution in [0.5, 0.6) is 5.88 Å². The van der Waals surface area contributed by atoms with Crippen molar-refractivity contribution < 1.29 is 4.74 Å². The van der Waals surface area contributed by atoms with E-state index in [-0.39, 0.29) is 6.10 Å². The van der Waals surface area contributed by atoms with Crippen LogP contribution in [0.3, 0.4) is 0 Å². The summed E-state index contributed by atoms with van der Waals surface area (Å²) in [5.74, 6) is 8.16. The molecule has 1 aromatic heterocycles. The predicted octanol–water partition coefficient (Wildman–Crippen LogP) is 2.34. The first-order valence-electron chi connectivity index (χ1n) is 6.58. The number of aryl methyl sites for hydroxylation is 1. The topological polar surface area (TPSA) is 73.1 Å². The van der Waals surface area contributed by atoms with E-state index < -0.39 is 0 Å². The fraction of sp³-hybridized carbons (Fsp3) is 0.692. The van der Waals surface area contributed by atoms with E-state index in [1.54, 1.807) is 0 Å². The van der Waals surface area contributed by atoms with Gasteiger partial charge in [-0.15, -0.1) is 0 Å². The Morgan fingerprint density at radius 1 is 1.28 bits per heavy atom. The second-order valence-electron chi connectivity index (χ2n) is 5.21. The van der Waals surface area contributed by atoms with Crippen molar-refractivity contribution >= 4 is 5.82 Å². The molecule has 2 atom stereocenters. The number of nitrogen functional groups attached to an aromatic ring is 1. The van der Waals surface area contributed by atoms with Gasteiger partial charge < -0.3 is 10.2 Å². The molecule has 3 N–H and O–H groups in total. The number of aromatic nitrogens is 2. The van der Waals surface area contributed by atoms with E-state index in [4.69, 9.17) is 10.6 Å². The molecule has 1 heterocycles. The standard InChI is InChI=1S/C13H22N4O/c1-8-5-4-6-11(7-8)18-13-9(2)12(17-14)15-10(3)16-13/h8,11H,4-7,14H2,1-3H3,(H,15,16,17). The average Bonchev–Trinajstić information content (AvgIpc) is 2.33. The Morgan fingerprint density at radius 3 is 2.72 bits per heavy atom. The van der Waals surface area contributed by atoms with Gasteiger partial charge in [-0.25, -0.2) is 10.8 Å². The molecular formula is C13H22N4O. The van der Waals surface area contributed by atoms with Crippen LogP contribution in [0.1, 0.15) is 44.0 Å². The largest absolute Gasteiger partial charge is 0.474 e. The SMILES string of the molecule is Cc1nc(NN)c(C)c(OC2CCCC(C)C2)n1. The Hall–Kier alpha value is -1.36. The maximum Gasteiger partial charge on any atom is 0.222 e. The van der Waals surface area contributed by atoms with Crippen LogP contribution in [-0.2, 0) is 0 Å². The molecule has 100 valence electrons. The number of rotatable bonds is 3. The monoisotopic (exact) mass is 250 g/mol. The molecule has 5 heteroatoms. The van der Waals surface area contributed by atoms with Gasteiger partial charge in [0, 0.05) is 0 Å². The minimum atomic E-state index is 0.271. The summed E-state index contributed by atoms with van der Waals surface area (Å²) in [4.78, 5) is 8.60. The van der Waals surface area contributed by atoms with E-state index in [0.29, 0.717) is 17.5 Å². The first-order chi connectivity index (χ1) is 8.60. The molecule has 0 aromatic carbocycles. The molecule has 0 bridgehead atoms. The highest BCUT2D eigenvalue weighted by Gasteiger charge is 2.22. The van der Waals surface area contributed by atoms with Crippen molar-refractivity contribution in [3.8, 4) is 5.88 Å². The lowest BCUT2D eigenvalue weighted by Gasteiger charge is -2.27. The highest BCUT2D eigenvalue weighted by Crippen LogP contribution is 2.29. The summed E-state index contributed by atoms with van der Waals surface area (Å²) in [5.41, 5.74) is 3.47. The smallest absolute Gasteiger partial charge is 0.222 e. The molecule has 0 spiro atoms. The molecule has 5 nitrogen and oxygen atoms in total. The summed E-state index contributed by atoms with van der Waals surface area (Å²) in [6.07, 6.45) is 5.02. The van der Waals surface area contributed by atoms with Crippen molar-refractivity contribution in [2.75, 3.05) is 5.43 Å². The van der Waals surface area contributed by atoms with Gasteiger partial charge in [-0.1, -0.05) is 13.3 Å². The Balaban J connectivity index is 2.15. The maximum atomic E-state index is 6.03. The van der Waals surface area contributed by atoms with Gasteiger partial charge in [0.05, 0.1) is 5.56 Å². The lowest BCUT2D eigenvalue weighted by atomic mass is 9.89. The van der Waals surface area contributed by atoms with Gasteiger partial charge in [0.15, 0.2) is 0 Å². The minimum Gasteiger partial charge on any atom is -0.474 e. The predicted molar refractivity (Wildman–Crippen MR) is 71.4 cm³/mol. The summed E-state index contributed by atoms with van der Waals surface area (Å²) in [5, 5.41) is 0. The fourth-order valence-corrected chi connectivity index (χ4v) is 2.50. The number of nitrogens with two attached hydrogens (primary N) is 1. The van der Waals surface area contributed by atoms with Gasteiger partial charge in [0.25, 0.3) is 0 Å². The normalized spacial score (nSPS) is 23.8. The third-order valence-electron chi connectivity index (χ3n) is 3.52. The molecule has 1 saturated carbocycles. The van der Waals surface area contributed by atoms with Gasteiger partial charge in [0.2, 0.25) is 5.88 Å².